The zero-order valence-electron chi connectivity index (χ0n) is 33.5. The van der Waals surface area contributed by atoms with Gasteiger partial charge in [-0.15, -0.1) is 0 Å². The van der Waals surface area contributed by atoms with Crippen LogP contribution in [0.5, 0.6) is 0 Å². The lowest BCUT2D eigenvalue weighted by atomic mass is 10.1. The molecular formula is C38H76O16. The number of aliphatic hydroxyl groups excluding tert-OH is 1. The number of carbonyl (C=O) groups is 1. The van der Waals surface area contributed by atoms with Crippen molar-refractivity contribution in [1.82, 2.24) is 0 Å². The van der Waals surface area contributed by atoms with Crippen LogP contribution in [0, 0.1) is 0 Å². The van der Waals surface area contributed by atoms with Gasteiger partial charge in [-0.25, -0.2) is 0 Å². The average molecular weight is 789 g/mol. The minimum atomic E-state index is -0.144. The maximum absolute atomic E-state index is 11.7. The van der Waals surface area contributed by atoms with Crippen molar-refractivity contribution >= 4 is 5.97 Å². The lowest BCUT2D eigenvalue weighted by Gasteiger charge is -2.09. The number of hydrogen-bond acceptors (Lipinski definition) is 16. The highest BCUT2D eigenvalue weighted by molar-refractivity contribution is 5.69. The largest absolute Gasteiger partial charge is 0.463 e. The first kappa shape index (κ1) is 52.9. The van der Waals surface area contributed by atoms with Crippen LogP contribution in [0.3, 0.4) is 0 Å². The molecule has 0 saturated heterocycles. The molecular weight excluding hydrogens is 712 g/mol. The number of rotatable bonds is 49. The van der Waals surface area contributed by atoms with E-state index in [0.29, 0.717) is 178 Å². The molecule has 0 amide bonds. The first-order valence-electron chi connectivity index (χ1n) is 20.1. The second-order valence-electron chi connectivity index (χ2n) is 11.8. The van der Waals surface area contributed by atoms with Crippen LogP contribution in [0.1, 0.15) is 58.3 Å². The Morgan fingerprint density at radius 2 is 0.537 bits per heavy atom. The van der Waals surface area contributed by atoms with Crippen molar-refractivity contribution in [2.45, 2.75) is 58.3 Å². The van der Waals surface area contributed by atoms with E-state index in [0.717, 1.165) is 12.8 Å². The van der Waals surface area contributed by atoms with Crippen molar-refractivity contribution in [3.8, 4) is 0 Å². The Morgan fingerprint density at radius 1 is 0.315 bits per heavy atom. The summed E-state index contributed by atoms with van der Waals surface area (Å²) in [7, 11) is 0. The van der Waals surface area contributed by atoms with Gasteiger partial charge >= 0.3 is 5.97 Å². The molecule has 0 aliphatic carbocycles. The van der Waals surface area contributed by atoms with E-state index in [-0.39, 0.29) is 19.2 Å². The molecule has 0 fully saturated rings. The van der Waals surface area contributed by atoms with Crippen LogP contribution >= 0.6 is 0 Å². The molecule has 0 saturated carbocycles. The Morgan fingerprint density at radius 3 is 0.796 bits per heavy atom. The predicted molar refractivity (Wildman–Crippen MR) is 201 cm³/mol. The van der Waals surface area contributed by atoms with Crippen LogP contribution in [0.2, 0.25) is 0 Å². The Balaban J connectivity index is 3.09. The van der Waals surface area contributed by atoms with Gasteiger partial charge in [-0.1, -0.05) is 45.4 Å². The van der Waals surface area contributed by atoms with Gasteiger partial charge in [0.15, 0.2) is 0 Å². The molecule has 0 aliphatic rings. The molecule has 0 spiro atoms. The second kappa shape index (κ2) is 49.9. The first-order chi connectivity index (χ1) is 26.8. The SMILES string of the molecule is CCCCCCCCCC(=O)OCCOCCOCCOCCOCCOCCOCCOCCOCCOCCOCCOCCOCCOCCO. The molecule has 0 rings (SSSR count). The number of carbonyl (C=O) groups excluding carboxylic acids is 1. The van der Waals surface area contributed by atoms with Crippen molar-refractivity contribution in [1.29, 1.82) is 0 Å². The van der Waals surface area contributed by atoms with Gasteiger partial charge in [-0.3, -0.25) is 4.79 Å². The highest BCUT2D eigenvalue weighted by Crippen LogP contribution is 2.08. The van der Waals surface area contributed by atoms with Gasteiger partial charge in [-0.05, 0) is 6.42 Å². The minimum absolute atomic E-state index is 0.0217. The van der Waals surface area contributed by atoms with Crippen molar-refractivity contribution < 1.29 is 76.2 Å². The average Bonchev–Trinajstić information content (AvgIpc) is 3.18. The van der Waals surface area contributed by atoms with Crippen molar-refractivity contribution in [2.75, 3.05) is 185 Å². The van der Waals surface area contributed by atoms with Gasteiger partial charge in [-0.2, -0.15) is 0 Å². The van der Waals surface area contributed by atoms with E-state index in [1.54, 1.807) is 0 Å². The molecule has 0 atom stereocenters. The summed E-state index contributed by atoms with van der Waals surface area (Å²) in [4.78, 5) is 11.7. The molecule has 0 aromatic heterocycles. The van der Waals surface area contributed by atoms with Crippen LogP contribution in [-0.4, -0.2) is 196 Å². The zero-order chi connectivity index (χ0) is 38.9. The molecule has 0 aromatic rings. The number of hydrogen-bond donors (Lipinski definition) is 1. The highest BCUT2D eigenvalue weighted by Gasteiger charge is 2.03. The number of unbranched alkanes of at least 4 members (excludes halogenated alkanes) is 6. The third kappa shape index (κ3) is 48.9. The zero-order valence-corrected chi connectivity index (χ0v) is 33.5. The summed E-state index contributed by atoms with van der Waals surface area (Å²) in [5.41, 5.74) is 0. The Hall–Kier alpha value is -1.09. The lowest BCUT2D eigenvalue weighted by molar-refractivity contribution is -0.145. The molecule has 0 radical (unpaired) electrons. The van der Waals surface area contributed by atoms with Crippen molar-refractivity contribution in [3.05, 3.63) is 0 Å². The maximum atomic E-state index is 11.7. The lowest BCUT2D eigenvalue weighted by Crippen LogP contribution is -2.16. The van der Waals surface area contributed by atoms with E-state index in [1.165, 1.54) is 32.1 Å². The normalized spacial score (nSPS) is 11.5. The highest BCUT2D eigenvalue weighted by atomic mass is 16.6. The standard InChI is InChI=1S/C38H76O16/c1-2-3-4-5-6-7-8-9-38(40)54-37-36-53-35-34-52-33-32-51-31-30-50-29-28-49-27-26-48-25-24-47-23-22-46-21-20-45-19-18-44-17-16-43-15-14-42-13-12-41-11-10-39/h39H,2-37H2,1H3. The molecule has 0 aliphatic heterocycles. The van der Waals surface area contributed by atoms with E-state index < -0.39 is 0 Å². The van der Waals surface area contributed by atoms with Crippen LogP contribution < -0.4 is 0 Å². The van der Waals surface area contributed by atoms with E-state index in [2.05, 4.69) is 6.92 Å². The van der Waals surface area contributed by atoms with E-state index in [1.807, 2.05) is 0 Å². The summed E-state index contributed by atoms with van der Waals surface area (Å²) in [6.45, 7) is 15.0. The molecule has 324 valence electrons. The molecule has 16 nitrogen and oxygen atoms in total. The molecule has 16 heteroatoms. The summed E-state index contributed by atoms with van der Waals surface area (Å²) in [5, 5.41) is 8.59. The van der Waals surface area contributed by atoms with Gasteiger partial charge in [0, 0.05) is 6.42 Å². The molecule has 0 bridgehead atoms. The fourth-order valence-electron chi connectivity index (χ4n) is 4.32. The second-order valence-corrected chi connectivity index (χ2v) is 11.8. The Bertz CT molecular complexity index is 694. The fraction of sp³-hybridized carbons (Fsp3) is 0.974. The van der Waals surface area contributed by atoms with Crippen LogP contribution in [0.15, 0.2) is 0 Å². The molecule has 1 N–H and O–H groups in total. The maximum Gasteiger partial charge on any atom is 0.305 e. The van der Waals surface area contributed by atoms with Crippen molar-refractivity contribution in [2.24, 2.45) is 0 Å². The molecule has 0 unspecified atom stereocenters. The molecule has 0 aromatic carbocycles. The van der Waals surface area contributed by atoms with Gasteiger partial charge in [0.1, 0.15) is 6.61 Å². The van der Waals surface area contributed by atoms with Gasteiger partial charge in [0.05, 0.1) is 178 Å². The summed E-state index contributed by atoms with van der Waals surface area (Å²) in [6.07, 6.45) is 8.77. The predicted octanol–water partition coefficient (Wildman–Crippen LogP) is 2.88. The number of esters is 1. The molecule has 0 heterocycles. The van der Waals surface area contributed by atoms with Gasteiger partial charge < -0.3 is 71.4 Å². The number of aliphatic hydroxyl groups is 1. The minimum Gasteiger partial charge on any atom is -0.463 e. The smallest absolute Gasteiger partial charge is 0.305 e. The van der Waals surface area contributed by atoms with Crippen LogP contribution in [-0.2, 0) is 71.1 Å². The van der Waals surface area contributed by atoms with Gasteiger partial charge in [0.25, 0.3) is 0 Å². The Kier molecular flexibility index (Phi) is 48.9. The van der Waals surface area contributed by atoms with Crippen LogP contribution in [0.4, 0.5) is 0 Å². The molecule has 54 heavy (non-hydrogen) atoms. The summed E-state index contributed by atoms with van der Waals surface area (Å²) in [6, 6.07) is 0. The fourth-order valence-corrected chi connectivity index (χ4v) is 4.32. The topological polar surface area (TPSA) is 167 Å². The quantitative estimate of drug-likeness (QED) is 0.0706. The van der Waals surface area contributed by atoms with E-state index >= 15 is 0 Å². The first-order valence-corrected chi connectivity index (χ1v) is 20.1. The third-order valence-corrected chi connectivity index (χ3v) is 7.17. The Labute approximate surface area is 325 Å². The van der Waals surface area contributed by atoms with Crippen molar-refractivity contribution in [3.63, 3.8) is 0 Å². The summed E-state index contributed by atoms with van der Waals surface area (Å²) >= 11 is 0. The van der Waals surface area contributed by atoms with E-state index in [9.17, 15) is 4.79 Å². The number of ether oxygens (including phenoxy) is 14. The van der Waals surface area contributed by atoms with Gasteiger partial charge in [0.2, 0.25) is 0 Å². The van der Waals surface area contributed by atoms with E-state index in [4.69, 9.17) is 71.4 Å². The third-order valence-electron chi connectivity index (χ3n) is 7.17. The monoisotopic (exact) mass is 789 g/mol. The van der Waals surface area contributed by atoms with Crippen LogP contribution in [0.25, 0.3) is 0 Å². The summed E-state index contributed by atoms with van der Waals surface area (Å²) in [5.74, 6) is -0.144. The summed E-state index contributed by atoms with van der Waals surface area (Å²) < 4.78 is 75.8.